The van der Waals surface area contributed by atoms with Gasteiger partial charge >= 0.3 is 0 Å². The molecular formula is C21H25N5O. The predicted octanol–water partition coefficient (Wildman–Crippen LogP) is 4.54. The van der Waals surface area contributed by atoms with Crippen LogP contribution < -0.4 is 10.1 Å². The fourth-order valence-corrected chi connectivity index (χ4v) is 2.85. The maximum Gasteiger partial charge on any atom is 0.136 e. The largest absolute Gasteiger partial charge is 0.497 e. The van der Waals surface area contributed by atoms with Crippen LogP contribution in [0.1, 0.15) is 32.8 Å². The molecule has 0 aliphatic rings. The molecule has 140 valence electrons. The molecule has 0 saturated carbocycles. The van der Waals surface area contributed by atoms with Crippen molar-refractivity contribution in [3.8, 4) is 22.8 Å². The Labute approximate surface area is 159 Å². The summed E-state index contributed by atoms with van der Waals surface area (Å²) in [6.45, 7) is 6.11. The number of pyridine rings is 1. The molecule has 2 N–H and O–H groups in total. The number of benzene rings is 1. The summed E-state index contributed by atoms with van der Waals surface area (Å²) in [5.41, 5.74) is 4.04. The number of methoxy groups -OCH3 is 1. The van der Waals surface area contributed by atoms with Crippen molar-refractivity contribution in [3.63, 3.8) is 0 Å². The molecule has 2 aromatic heterocycles. The van der Waals surface area contributed by atoms with Crippen molar-refractivity contribution >= 4 is 11.5 Å². The van der Waals surface area contributed by atoms with Crippen LogP contribution in [0.3, 0.4) is 0 Å². The van der Waals surface area contributed by atoms with Gasteiger partial charge in [-0.2, -0.15) is 5.10 Å². The molecule has 0 spiro atoms. The van der Waals surface area contributed by atoms with Crippen LogP contribution in [-0.4, -0.2) is 33.6 Å². The molecule has 0 aliphatic heterocycles. The first-order chi connectivity index (χ1) is 13.0. The number of nitrogens with one attached hydrogen (secondary N) is 2. The number of hydrogen-bond acceptors (Lipinski definition) is 5. The highest BCUT2D eigenvalue weighted by Crippen LogP contribution is 2.26. The molecule has 0 bridgehead atoms. The molecule has 3 aromatic rings. The average molecular weight is 363 g/mol. The minimum atomic E-state index is 0.225. The SMILES string of the molecule is CCC(=N)c1ccc(-c2ccnn2-c2ccc(OC)cc2)nc1NC(C)C. The molecule has 6 nitrogen and oxygen atoms in total. The fraction of sp³-hybridized carbons (Fsp3) is 0.286. The van der Waals surface area contributed by atoms with E-state index in [1.165, 1.54) is 0 Å². The Hall–Kier alpha value is -3.15. The first-order valence-corrected chi connectivity index (χ1v) is 9.07. The highest BCUT2D eigenvalue weighted by molar-refractivity contribution is 6.02. The van der Waals surface area contributed by atoms with E-state index in [0.29, 0.717) is 12.1 Å². The van der Waals surface area contributed by atoms with Crippen LogP contribution in [0.2, 0.25) is 0 Å². The molecule has 0 amide bonds. The van der Waals surface area contributed by atoms with Crippen molar-refractivity contribution in [1.29, 1.82) is 5.41 Å². The van der Waals surface area contributed by atoms with E-state index in [-0.39, 0.29) is 6.04 Å². The van der Waals surface area contributed by atoms with Gasteiger partial charge in [0.2, 0.25) is 0 Å². The number of rotatable bonds is 7. The summed E-state index contributed by atoms with van der Waals surface area (Å²) in [4.78, 5) is 4.81. The van der Waals surface area contributed by atoms with Crippen molar-refractivity contribution in [1.82, 2.24) is 14.8 Å². The summed E-state index contributed by atoms with van der Waals surface area (Å²) in [7, 11) is 1.65. The smallest absolute Gasteiger partial charge is 0.136 e. The summed E-state index contributed by atoms with van der Waals surface area (Å²) in [6.07, 6.45) is 2.43. The van der Waals surface area contributed by atoms with Crippen LogP contribution in [0.5, 0.6) is 5.75 Å². The van der Waals surface area contributed by atoms with E-state index in [1.807, 2.05) is 54.1 Å². The van der Waals surface area contributed by atoms with Gasteiger partial charge in [0, 0.05) is 17.3 Å². The number of aromatic nitrogens is 3. The topological polar surface area (TPSA) is 75.8 Å². The van der Waals surface area contributed by atoms with E-state index >= 15 is 0 Å². The van der Waals surface area contributed by atoms with E-state index in [4.69, 9.17) is 15.1 Å². The molecular weight excluding hydrogens is 338 g/mol. The lowest BCUT2D eigenvalue weighted by Crippen LogP contribution is -2.15. The van der Waals surface area contributed by atoms with E-state index < -0.39 is 0 Å². The molecule has 1 aromatic carbocycles. The molecule has 2 heterocycles. The molecule has 0 radical (unpaired) electrons. The molecule has 6 heteroatoms. The lowest BCUT2D eigenvalue weighted by atomic mass is 10.1. The van der Waals surface area contributed by atoms with E-state index in [0.717, 1.165) is 34.2 Å². The maximum absolute atomic E-state index is 8.21. The Morgan fingerprint density at radius 3 is 2.52 bits per heavy atom. The van der Waals surface area contributed by atoms with Crippen molar-refractivity contribution in [2.45, 2.75) is 33.2 Å². The minimum absolute atomic E-state index is 0.225. The van der Waals surface area contributed by atoms with Gasteiger partial charge in [0.15, 0.2) is 0 Å². The maximum atomic E-state index is 8.21. The van der Waals surface area contributed by atoms with Crippen LogP contribution in [0.15, 0.2) is 48.7 Å². The first kappa shape index (κ1) is 18.6. The molecule has 3 rings (SSSR count). The third-order valence-electron chi connectivity index (χ3n) is 4.22. The Kier molecular flexibility index (Phi) is 5.54. The van der Waals surface area contributed by atoms with Crippen molar-refractivity contribution in [2.75, 3.05) is 12.4 Å². The van der Waals surface area contributed by atoms with E-state index in [9.17, 15) is 0 Å². The summed E-state index contributed by atoms with van der Waals surface area (Å²) in [6, 6.07) is 13.8. The van der Waals surface area contributed by atoms with Gasteiger partial charge < -0.3 is 15.5 Å². The second-order valence-corrected chi connectivity index (χ2v) is 6.55. The summed E-state index contributed by atoms with van der Waals surface area (Å²) >= 11 is 0. The summed E-state index contributed by atoms with van der Waals surface area (Å²) in [5.74, 6) is 1.54. The quantitative estimate of drug-likeness (QED) is 0.604. The molecule has 0 saturated heterocycles. The van der Waals surface area contributed by atoms with Gasteiger partial charge in [-0.15, -0.1) is 0 Å². The zero-order valence-corrected chi connectivity index (χ0v) is 16.2. The number of ether oxygens (including phenoxy) is 1. The molecule has 27 heavy (non-hydrogen) atoms. The number of nitrogens with zero attached hydrogens (tertiary/aromatic N) is 3. The van der Waals surface area contributed by atoms with Gasteiger partial charge in [-0.25, -0.2) is 9.67 Å². The second-order valence-electron chi connectivity index (χ2n) is 6.55. The van der Waals surface area contributed by atoms with Crippen LogP contribution >= 0.6 is 0 Å². The van der Waals surface area contributed by atoms with Crippen LogP contribution in [0, 0.1) is 5.41 Å². The van der Waals surface area contributed by atoms with Crippen molar-refractivity contribution in [3.05, 3.63) is 54.2 Å². The first-order valence-electron chi connectivity index (χ1n) is 9.07. The predicted molar refractivity (Wildman–Crippen MR) is 109 cm³/mol. The number of anilines is 1. The van der Waals surface area contributed by atoms with Crippen LogP contribution in [-0.2, 0) is 0 Å². The van der Waals surface area contributed by atoms with Gasteiger partial charge in [0.25, 0.3) is 0 Å². The van der Waals surface area contributed by atoms with E-state index in [2.05, 4.69) is 24.3 Å². The zero-order valence-electron chi connectivity index (χ0n) is 16.2. The minimum Gasteiger partial charge on any atom is -0.497 e. The van der Waals surface area contributed by atoms with Crippen molar-refractivity contribution in [2.24, 2.45) is 0 Å². The van der Waals surface area contributed by atoms with Crippen LogP contribution in [0.25, 0.3) is 17.1 Å². The third-order valence-corrected chi connectivity index (χ3v) is 4.22. The van der Waals surface area contributed by atoms with Gasteiger partial charge in [-0.05, 0) is 62.7 Å². The van der Waals surface area contributed by atoms with Crippen LogP contribution in [0.4, 0.5) is 5.82 Å². The van der Waals surface area contributed by atoms with Gasteiger partial charge in [-0.1, -0.05) is 6.92 Å². The number of hydrogen-bond donors (Lipinski definition) is 2. The van der Waals surface area contributed by atoms with Gasteiger partial charge in [-0.3, -0.25) is 0 Å². The van der Waals surface area contributed by atoms with E-state index in [1.54, 1.807) is 13.3 Å². The average Bonchev–Trinajstić information content (AvgIpc) is 3.16. The Morgan fingerprint density at radius 1 is 1.15 bits per heavy atom. The Morgan fingerprint density at radius 2 is 1.89 bits per heavy atom. The Bertz CT molecular complexity index is 928. The normalized spacial score (nSPS) is 10.9. The molecule has 0 fully saturated rings. The third kappa shape index (κ3) is 4.00. The molecule has 0 aliphatic carbocycles. The highest BCUT2D eigenvalue weighted by Gasteiger charge is 2.14. The zero-order chi connectivity index (χ0) is 19.4. The van der Waals surface area contributed by atoms with Gasteiger partial charge in [0.1, 0.15) is 11.6 Å². The summed E-state index contributed by atoms with van der Waals surface area (Å²) < 4.78 is 7.08. The summed E-state index contributed by atoms with van der Waals surface area (Å²) in [5, 5.41) is 16.0. The fourth-order valence-electron chi connectivity index (χ4n) is 2.85. The van der Waals surface area contributed by atoms with Gasteiger partial charge in [0.05, 0.1) is 30.4 Å². The standard InChI is InChI=1S/C21H25N5O/c1-5-18(22)17-10-11-19(25-21(17)24-14(2)3)20-12-13-23-26(20)15-6-8-16(27-4)9-7-15/h6-14,22H,5H2,1-4H3,(H,24,25). The Balaban J connectivity index is 2.04. The second kappa shape index (κ2) is 8.03. The monoisotopic (exact) mass is 363 g/mol. The van der Waals surface area contributed by atoms with Crippen molar-refractivity contribution < 1.29 is 4.74 Å². The highest BCUT2D eigenvalue weighted by atomic mass is 16.5. The molecule has 0 unspecified atom stereocenters. The lowest BCUT2D eigenvalue weighted by molar-refractivity contribution is 0.414. The lowest BCUT2D eigenvalue weighted by Gasteiger charge is -2.16. The molecule has 0 atom stereocenters.